The predicted octanol–water partition coefficient (Wildman–Crippen LogP) is 4.20. The van der Waals surface area contributed by atoms with Crippen LogP contribution in [0, 0.1) is 0 Å². The highest BCUT2D eigenvalue weighted by Gasteiger charge is 2.34. The lowest BCUT2D eigenvalue weighted by Crippen LogP contribution is -2.35. The van der Waals surface area contributed by atoms with E-state index in [-0.39, 0.29) is 11.6 Å². The maximum absolute atomic E-state index is 5.93. The molecule has 0 amide bonds. The monoisotopic (exact) mass is 355 g/mol. The summed E-state index contributed by atoms with van der Waals surface area (Å²) in [4.78, 5) is 0. The van der Waals surface area contributed by atoms with E-state index in [2.05, 4.69) is 48.6 Å². The number of nitrogens with one attached hydrogen (secondary N) is 1. The molecule has 1 saturated heterocycles. The van der Waals surface area contributed by atoms with E-state index in [1.165, 1.54) is 16.7 Å². The van der Waals surface area contributed by atoms with Crippen molar-refractivity contribution in [3.63, 3.8) is 0 Å². The Morgan fingerprint density at radius 2 is 1.85 bits per heavy atom. The molecule has 1 N–H and O–H groups in total. The van der Waals surface area contributed by atoms with E-state index in [0.717, 1.165) is 38.3 Å². The molecule has 3 rings (SSSR count). The van der Waals surface area contributed by atoms with Crippen LogP contribution in [0.1, 0.15) is 42.5 Å². The Hall–Kier alpha value is -1.88. The van der Waals surface area contributed by atoms with Crippen LogP contribution in [0.25, 0.3) is 0 Å². The van der Waals surface area contributed by atoms with Crippen LogP contribution in [0.5, 0.6) is 5.75 Å². The number of benzene rings is 2. The zero-order valence-corrected chi connectivity index (χ0v) is 16.0. The molecule has 2 aromatic carbocycles. The van der Waals surface area contributed by atoms with E-state index < -0.39 is 0 Å². The molecule has 0 unspecified atom stereocenters. The third-order valence-corrected chi connectivity index (χ3v) is 5.35. The molecule has 4 nitrogen and oxygen atoms in total. The zero-order valence-electron chi connectivity index (χ0n) is 16.0. The lowest BCUT2D eigenvalue weighted by atomic mass is 9.85. The second-order valence-corrected chi connectivity index (χ2v) is 6.89. The van der Waals surface area contributed by atoms with Crippen LogP contribution < -0.4 is 10.1 Å². The smallest absolute Gasteiger partial charge is 0.119 e. The topological polar surface area (TPSA) is 39.7 Å². The first-order valence-corrected chi connectivity index (χ1v) is 9.26. The maximum Gasteiger partial charge on any atom is 0.119 e. The predicted molar refractivity (Wildman–Crippen MR) is 103 cm³/mol. The molecule has 1 fully saturated rings. The highest BCUT2D eigenvalue weighted by atomic mass is 16.5. The summed E-state index contributed by atoms with van der Waals surface area (Å²) in [5.41, 5.74) is 3.52. The summed E-state index contributed by atoms with van der Waals surface area (Å²) in [6, 6.07) is 17.2. The van der Waals surface area contributed by atoms with Gasteiger partial charge in [-0.3, -0.25) is 0 Å². The van der Waals surface area contributed by atoms with Gasteiger partial charge >= 0.3 is 0 Å². The summed E-state index contributed by atoms with van der Waals surface area (Å²) < 4.78 is 16.8. The summed E-state index contributed by atoms with van der Waals surface area (Å²) in [5, 5.41) is 3.61. The van der Waals surface area contributed by atoms with Crippen LogP contribution in [-0.2, 0) is 21.6 Å². The van der Waals surface area contributed by atoms with Gasteiger partial charge in [0.25, 0.3) is 0 Å². The molecule has 2 aromatic rings. The number of ether oxygens (including phenoxy) is 3. The standard InChI is InChI=1S/C22H29NO3/c1-17(19-7-5-9-21(15-19)24-2)23-16-18-6-4-8-20(14-18)22(25-3)10-12-26-13-11-22/h4-9,14-15,17,23H,10-13,16H2,1-3H3/t17-/m1/s1. The van der Waals surface area contributed by atoms with E-state index in [1.54, 1.807) is 14.2 Å². The van der Waals surface area contributed by atoms with Crippen LogP contribution in [0.2, 0.25) is 0 Å². The molecule has 26 heavy (non-hydrogen) atoms. The summed E-state index contributed by atoms with van der Waals surface area (Å²) in [5.74, 6) is 0.889. The zero-order chi connectivity index (χ0) is 18.4. The Balaban J connectivity index is 1.68. The Morgan fingerprint density at radius 3 is 2.58 bits per heavy atom. The fourth-order valence-electron chi connectivity index (χ4n) is 3.58. The van der Waals surface area contributed by atoms with Gasteiger partial charge in [-0.1, -0.05) is 36.4 Å². The van der Waals surface area contributed by atoms with E-state index in [0.29, 0.717) is 0 Å². The van der Waals surface area contributed by atoms with Crippen molar-refractivity contribution in [3.8, 4) is 5.75 Å². The lowest BCUT2D eigenvalue weighted by molar-refractivity contribution is -0.0948. The molecular weight excluding hydrogens is 326 g/mol. The molecule has 0 radical (unpaired) electrons. The molecule has 1 aliphatic heterocycles. The fourth-order valence-corrected chi connectivity index (χ4v) is 3.58. The first kappa shape index (κ1) is 18.9. The maximum atomic E-state index is 5.93. The third kappa shape index (κ3) is 4.26. The largest absolute Gasteiger partial charge is 0.497 e. The number of hydrogen-bond donors (Lipinski definition) is 1. The van der Waals surface area contributed by atoms with Gasteiger partial charge < -0.3 is 19.5 Å². The fraction of sp³-hybridized carbons (Fsp3) is 0.455. The Kier molecular flexibility index (Phi) is 6.30. The number of methoxy groups -OCH3 is 2. The summed E-state index contributed by atoms with van der Waals surface area (Å²) in [6.45, 7) is 4.49. The van der Waals surface area contributed by atoms with E-state index >= 15 is 0 Å². The molecule has 0 aromatic heterocycles. The van der Waals surface area contributed by atoms with Crippen molar-refractivity contribution >= 4 is 0 Å². The van der Waals surface area contributed by atoms with Crippen molar-refractivity contribution < 1.29 is 14.2 Å². The molecule has 140 valence electrons. The van der Waals surface area contributed by atoms with Crippen LogP contribution >= 0.6 is 0 Å². The van der Waals surface area contributed by atoms with Gasteiger partial charge in [-0.25, -0.2) is 0 Å². The molecule has 1 heterocycles. The summed E-state index contributed by atoms with van der Waals surface area (Å²) in [7, 11) is 3.51. The first-order valence-electron chi connectivity index (χ1n) is 9.26. The minimum atomic E-state index is -0.216. The normalized spacial score (nSPS) is 17.7. The Morgan fingerprint density at radius 1 is 1.08 bits per heavy atom. The molecule has 1 atom stereocenters. The van der Waals surface area contributed by atoms with Crippen LogP contribution in [-0.4, -0.2) is 27.4 Å². The second kappa shape index (κ2) is 8.67. The first-order chi connectivity index (χ1) is 12.7. The molecule has 0 saturated carbocycles. The molecule has 0 aliphatic carbocycles. The van der Waals surface area contributed by atoms with E-state index in [9.17, 15) is 0 Å². The van der Waals surface area contributed by atoms with Crippen molar-refractivity contribution in [1.29, 1.82) is 0 Å². The molecule has 1 aliphatic rings. The molecule has 4 heteroatoms. The van der Waals surface area contributed by atoms with Gasteiger partial charge in [0, 0.05) is 45.8 Å². The van der Waals surface area contributed by atoms with Crippen molar-refractivity contribution in [1.82, 2.24) is 5.32 Å². The lowest BCUT2D eigenvalue weighted by Gasteiger charge is -2.36. The Bertz CT molecular complexity index is 710. The molecule has 0 spiro atoms. The van der Waals surface area contributed by atoms with Gasteiger partial charge in [-0.15, -0.1) is 0 Å². The van der Waals surface area contributed by atoms with Crippen LogP contribution in [0.4, 0.5) is 0 Å². The van der Waals surface area contributed by atoms with Crippen molar-refractivity contribution in [2.75, 3.05) is 27.4 Å². The molecule has 0 bridgehead atoms. The minimum absolute atomic E-state index is 0.216. The summed E-state index contributed by atoms with van der Waals surface area (Å²) >= 11 is 0. The third-order valence-electron chi connectivity index (χ3n) is 5.35. The van der Waals surface area contributed by atoms with Crippen molar-refractivity contribution in [3.05, 3.63) is 65.2 Å². The highest BCUT2D eigenvalue weighted by Crippen LogP contribution is 2.35. The second-order valence-electron chi connectivity index (χ2n) is 6.89. The van der Waals surface area contributed by atoms with E-state index in [4.69, 9.17) is 14.2 Å². The number of rotatable bonds is 7. The number of hydrogen-bond acceptors (Lipinski definition) is 4. The van der Waals surface area contributed by atoms with E-state index in [1.807, 2.05) is 12.1 Å². The van der Waals surface area contributed by atoms with Gasteiger partial charge in [0.1, 0.15) is 5.75 Å². The van der Waals surface area contributed by atoms with Crippen LogP contribution in [0.15, 0.2) is 48.5 Å². The van der Waals surface area contributed by atoms with Gasteiger partial charge in [0.2, 0.25) is 0 Å². The SMILES string of the molecule is COc1cccc([C@@H](C)NCc2cccc(C3(OC)CCOCC3)c2)c1. The highest BCUT2D eigenvalue weighted by molar-refractivity contribution is 5.31. The van der Waals surface area contributed by atoms with Gasteiger partial charge in [-0.2, -0.15) is 0 Å². The van der Waals surface area contributed by atoms with Gasteiger partial charge in [0.05, 0.1) is 12.7 Å². The minimum Gasteiger partial charge on any atom is -0.497 e. The quantitative estimate of drug-likeness (QED) is 0.808. The summed E-state index contributed by atoms with van der Waals surface area (Å²) in [6.07, 6.45) is 1.81. The van der Waals surface area contributed by atoms with Gasteiger partial charge in [-0.05, 0) is 35.7 Å². The average Bonchev–Trinajstić information content (AvgIpc) is 2.72. The molecular formula is C22H29NO3. The van der Waals surface area contributed by atoms with Crippen LogP contribution in [0.3, 0.4) is 0 Å². The average molecular weight is 355 g/mol. The van der Waals surface area contributed by atoms with Crippen molar-refractivity contribution in [2.45, 2.75) is 38.0 Å². The van der Waals surface area contributed by atoms with Crippen molar-refractivity contribution in [2.24, 2.45) is 0 Å². The Labute approximate surface area is 156 Å². The van der Waals surface area contributed by atoms with Gasteiger partial charge in [0.15, 0.2) is 0 Å².